The quantitative estimate of drug-likeness (QED) is 0.690. The molecule has 0 bridgehead atoms. The molecule has 8 heteroatoms. The Labute approximate surface area is 179 Å². The summed E-state index contributed by atoms with van der Waals surface area (Å²) in [7, 11) is 3.71. The topological polar surface area (TPSA) is 73.5 Å². The van der Waals surface area contributed by atoms with E-state index in [4.69, 9.17) is 15.2 Å². The van der Waals surface area contributed by atoms with Crippen LogP contribution in [0.25, 0.3) is 0 Å². The summed E-state index contributed by atoms with van der Waals surface area (Å²) in [6.07, 6.45) is 1.98. The summed E-state index contributed by atoms with van der Waals surface area (Å²) in [4.78, 5) is 11.5. The van der Waals surface area contributed by atoms with E-state index in [1.54, 1.807) is 7.11 Å². The van der Waals surface area contributed by atoms with E-state index < -0.39 is 0 Å². The smallest absolute Gasteiger partial charge is 0.156 e. The molecule has 1 aromatic carbocycles. The number of hydrogen-bond acceptors (Lipinski definition) is 6. The molecule has 0 amide bonds. The second-order valence-corrected chi connectivity index (χ2v) is 6.87. The number of halogens is 2. The molecule has 1 aliphatic carbocycles. The van der Waals surface area contributed by atoms with Crippen molar-refractivity contribution in [2.75, 3.05) is 25.7 Å². The van der Waals surface area contributed by atoms with Gasteiger partial charge in [-0.3, -0.25) is 0 Å². The number of rotatable bonds is 8. The SMILES string of the molecule is CCOc1cccc(CN(C)c2cc(C3CC(N)C3)nc(COC)n2)c1.Cl.Cl. The Bertz CT molecular complexity index is 742. The third-order valence-corrected chi connectivity index (χ3v) is 4.67. The Morgan fingerprint density at radius 3 is 2.57 bits per heavy atom. The van der Waals surface area contributed by atoms with Crippen molar-refractivity contribution >= 4 is 30.6 Å². The first-order valence-corrected chi connectivity index (χ1v) is 9.14. The third kappa shape index (κ3) is 6.21. The van der Waals surface area contributed by atoms with Crippen LogP contribution in [0.4, 0.5) is 5.82 Å². The second kappa shape index (κ2) is 11.4. The van der Waals surface area contributed by atoms with E-state index in [1.807, 2.05) is 26.1 Å². The minimum atomic E-state index is 0. The van der Waals surface area contributed by atoms with Crippen LogP contribution in [0.1, 0.15) is 42.8 Å². The van der Waals surface area contributed by atoms with Gasteiger partial charge < -0.3 is 20.1 Å². The van der Waals surface area contributed by atoms with Gasteiger partial charge in [0.05, 0.1) is 6.61 Å². The normalized spacial score (nSPS) is 17.7. The van der Waals surface area contributed by atoms with Crippen molar-refractivity contribution in [3.8, 4) is 5.75 Å². The third-order valence-electron chi connectivity index (χ3n) is 4.67. The lowest BCUT2D eigenvalue weighted by atomic mass is 9.78. The van der Waals surface area contributed by atoms with Crippen LogP contribution < -0.4 is 15.4 Å². The number of nitrogens with two attached hydrogens (primary N) is 1. The molecule has 1 aromatic heterocycles. The molecule has 1 fully saturated rings. The lowest BCUT2D eigenvalue weighted by Crippen LogP contribution is -2.35. The fraction of sp³-hybridized carbons (Fsp3) is 0.500. The molecule has 0 spiro atoms. The van der Waals surface area contributed by atoms with Crippen LogP contribution in [0.5, 0.6) is 5.75 Å². The first-order chi connectivity index (χ1) is 12.6. The maximum Gasteiger partial charge on any atom is 0.156 e. The van der Waals surface area contributed by atoms with Crippen molar-refractivity contribution in [2.24, 2.45) is 5.73 Å². The molecule has 0 unspecified atom stereocenters. The Morgan fingerprint density at radius 2 is 1.93 bits per heavy atom. The zero-order chi connectivity index (χ0) is 18.5. The van der Waals surface area contributed by atoms with Crippen molar-refractivity contribution < 1.29 is 9.47 Å². The number of hydrogen-bond donors (Lipinski definition) is 1. The molecule has 1 saturated carbocycles. The highest BCUT2D eigenvalue weighted by Gasteiger charge is 2.29. The van der Waals surface area contributed by atoms with Crippen LogP contribution in [0.15, 0.2) is 30.3 Å². The van der Waals surface area contributed by atoms with Gasteiger partial charge in [0.2, 0.25) is 0 Å². The minimum Gasteiger partial charge on any atom is -0.494 e. The van der Waals surface area contributed by atoms with E-state index in [0.29, 0.717) is 25.2 Å². The van der Waals surface area contributed by atoms with Gasteiger partial charge >= 0.3 is 0 Å². The lowest BCUT2D eigenvalue weighted by molar-refractivity contribution is 0.177. The van der Waals surface area contributed by atoms with E-state index in [0.717, 1.165) is 42.5 Å². The average molecular weight is 429 g/mol. The van der Waals surface area contributed by atoms with E-state index >= 15 is 0 Å². The monoisotopic (exact) mass is 428 g/mol. The van der Waals surface area contributed by atoms with Crippen molar-refractivity contribution in [2.45, 2.75) is 44.9 Å². The number of methoxy groups -OCH3 is 1. The predicted octanol–water partition coefficient (Wildman–Crippen LogP) is 3.71. The summed E-state index contributed by atoms with van der Waals surface area (Å²) in [5.41, 5.74) is 8.20. The van der Waals surface area contributed by atoms with Gasteiger partial charge in [-0.1, -0.05) is 12.1 Å². The van der Waals surface area contributed by atoms with Gasteiger partial charge in [0, 0.05) is 44.4 Å². The molecule has 0 aliphatic heterocycles. The van der Waals surface area contributed by atoms with Gasteiger partial charge in [0.1, 0.15) is 18.2 Å². The van der Waals surface area contributed by atoms with Crippen LogP contribution in [-0.4, -0.2) is 36.8 Å². The van der Waals surface area contributed by atoms with Crippen LogP contribution in [-0.2, 0) is 17.9 Å². The van der Waals surface area contributed by atoms with E-state index in [-0.39, 0.29) is 24.8 Å². The predicted molar refractivity (Wildman–Crippen MR) is 117 cm³/mol. The van der Waals surface area contributed by atoms with Gasteiger partial charge in [-0.25, -0.2) is 9.97 Å². The molecule has 156 valence electrons. The summed E-state index contributed by atoms with van der Waals surface area (Å²) < 4.78 is 10.8. The number of benzene rings is 1. The summed E-state index contributed by atoms with van der Waals surface area (Å²) in [5, 5.41) is 0. The Balaban J connectivity index is 0.00000196. The lowest BCUT2D eigenvalue weighted by Gasteiger charge is -2.32. The molecule has 28 heavy (non-hydrogen) atoms. The highest BCUT2D eigenvalue weighted by Crippen LogP contribution is 2.35. The molecule has 2 N–H and O–H groups in total. The number of ether oxygens (including phenoxy) is 2. The molecule has 2 aromatic rings. The standard InChI is InChI=1S/C20H28N4O2.2ClH/c1-4-26-17-7-5-6-14(8-17)12-24(2)20-11-18(15-9-16(21)10-15)22-19(23-20)13-25-3;;/h5-8,11,15-16H,4,9-10,12-13,21H2,1-3H3;2*1H. The Morgan fingerprint density at radius 1 is 1.18 bits per heavy atom. The molecule has 0 saturated heterocycles. The number of anilines is 1. The number of nitrogens with zero attached hydrogens (tertiary/aromatic N) is 3. The highest BCUT2D eigenvalue weighted by molar-refractivity contribution is 5.85. The fourth-order valence-electron chi connectivity index (χ4n) is 3.26. The zero-order valence-electron chi connectivity index (χ0n) is 16.6. The maximum atomic E-state index is 5.95. The highest BCUT2D eigenvalue weighted by atomic mass is 35.5. The molecular weight excluding hydrogens is 399 g/mol. The average Bonchev–Trinajstić information content (AvgIpc) is 2.59. The van der Waals surface area contributed by atoms with Gasteiger partial charge in [-0.2, -0.15) is 0 Å². The van der Waals surface area contributed by atoms with Crippen molar-refractivity contribution in [1.82, 2.24) is 9.97 Å². The summed E-state index contributed by atoms with van der Waals surface area (Å²) >= 11 is 0. The second-order valence-electron chi connectivity index (χ2n) is 6.87. The van der Waals surface area contributed by atoms with Gasteiger partial charge in [0.15, 0.2) is 5.82 Å². The van der Waals surface area contributed by atoms with E-state index in [1.165, 1.54) is 5.56 Å². The molecule has 0 radical (unpaired) electrons. The van der Waals surface area contributed by atoms with Gasteiger partial charge in [-0.15, -0.1) is 24.8 Å². The van der Waals surface area contributed by atoms with Crippen LogP contribution >= 0.6 is 24.8 Å². The first kappa shape index (κ1) is 24.4. The van der Waals surface area contributed by atoms with Crippen molar-refractivity contribution in [3.63, 3.8) is 0 Å². The van der Waals surface area contributed by atoms with E-state index in [9.17, 15) is 0 Å². The molecule has 1 heterocycles. The molecule has 3 rings (SSSR count). The van der Waals surface area contributed by atoms with Gasteiger partial charge in [-0.05, 0) is 37.5 Å². The summed E-state index contributed by atoms with van der Waals surface area (Å²) in [6, 6.07) is 10.6. The zero-order valence-corrected chi connectivity index (χ0v) is 18.3. The summed E-state index contributed by atoms with van der Waals surface area (Å²) in [6.45, 7) is 3.81. The van der Waals surface area contributed by atoms with Gasteiger partial charge in [0.25, 0.3) is 0 Å². The van der Waals surface area contributed by atoms with E-state index in [2.05, 4.69) is 33.1 Å². The first-order valence-electron chi connectivity index (χ1n) is 9.14. The van der Waals surface area contributed by atoms with Crippen LogP contribution in [0.2, 0.25) is 0 Å². The fourth-order valence-corrected chi connectivity index (χ4v) is 3.26. The molecule has 0 atom stereocenters. The molecule has 6 nitrogen and oxygen atoms in total. The number of aromatic nitrogens is 2. The molecule has 1 aliphatic rings. The largest absolute Gasteiger partial charge is 0.494 e. The van der Waals surface area contributed by atoms with Crippen LogP contribution in [0.3, 0.4) is 0 Å². The Hall–Kier alpha value is -1.60. The molecular formula is C20H30Cl2N4O2. The minimum absolute atomic E-state index is 0. The van der Waals surface area contributed by atoms with Crippen molar-refractivity contribution in [1.29, 1.82) is 0 Å². The van der Waals surface area contributed by atoms with Crippen LogP contribution in [0, 0.1) is 0 Å². The van der Waals surface area contributed by atoms with Crippen molar-refractivity contribution in [3.05, 3.63) is 47.4 Å². The summed E-state index contributed by atoms with van der Waals surface area (Å²) in [5.74, 6) is 2.95. The Kier molecular flexibility index (Phi) is 9.96. The maximum absolute atomic E-state index is 5.95.